The number of aliphatic hydroxyl groups is 1. The number of aromatic nitrogens is 1. The first-order valence-corrected chi connectivity index (χ1v) is 7.40. The summed E-state index contributed by atoms with van der Waals surface area (Å²) in [5.41, 5.74) is 2.56. The van der Waals surface area contributed by atoms with Gasteiger partial charge in [0, 0.05) is 13.2 Å². The molecule has 0 aliphatic heterocycles. The van der Waals surface area contributed by atoms with E-state index in [1.807, 2.05) is 13.0 Å². The minimum absolute atomic E-state index is 0.0302. The Labute approximate surface area is 120 Å². The van der Waals surface area contributed by atoms with Crippen LogP contribution < -0.4 is 5.32 Å². The van der Waals surface area contributed by atoms with Gasteiger partial charge in [0.2, 0.25) is 0 Å². The summed E-state index contributed by atoms with van der Waals surface area (Å²) in [6.45, 7) is 2.78. The van der Waals surface area contributed by atoms with E-state index in [0.29, 0.717) is 30.1 Å². The molecule has 0 aliphatic rings. The Hall–Kier alpha value is -1.73. The molecule has 20 heavy (non-hydrogen) atoms. The summed E-state index contributed by atoms with van der Waals surface area (Å²) >= 11 is 1.39. The van der Waals surface area contributed by atoms with Crippen LogP contribution in [0.2, 0.25) is 0 Å². The van der Waals surface area contributed by atoms with E-state index in [-0.39, 0.29) is 12.3 Å². The van der Waals surface area contributed by atoms with Crippen molar-refractivity contribution in [2.75, 3.05) is 18.5 Å². The molecule has 0 radical (unpaired) electrons. The minimum Gasteiger partial charge on any atom is -0.396 e. The molecular formula is C13H17N3O3S. The van der Waals surface area contributed by atoms with Crippen LogP contribution in [0.25, 0.3) is 10.2 Å². The highest BCUT2D eigenvalue weighted by Gasteiger charge is 2.21. The van der Waals surface area contributed by atoms with E-state index in [2.05, 4.69) is 10.3 Å². The van der Waals surface area contributed by atoms with Crippen molar-refractivity contribution in [3.63, 3.8) is 0 Å². The van der Waals surface area contributed by atoms with Crippen LogP contribution >= 0.6 is 11.3 Å². The maximum atomic E-state index is 11.3. The predicted octanol–water partition coefficient (Wildman–Crippen LogP) is 3.03. The summed E-state index contributed by atoms with van der Waals surface area (Å²) in [6.07, 6.45) is 1.61. The quantitative estimate of drug-likeness (QED) is 0.605. The lowest BCUT2D eigenvalue weighted by atomic mass is 10.0. The third kappa shape index (κ3) is 3.05. The van der Waals surface area contributed by atoms with Crippen molar-refractivity contribution in [2.45, 2.75) is 19.8 Å². The summed E-state index contributed by atoms with van der Waals surface area (Å²) in [5.74, 6) is 0.297. The van der Waals surface area contributed by atoms with E-state index >= 15 is 0 Å². The van der Waals surface area contributed by atoms with Crippen LogP contribution in [0.5, 0.6) is 0 Å². The van der Waals surface area contributed by atoms with Gasteiger partial charge in [-0.15, -0.1) is 11.3 Å². The molecule has 2 aromatic rings. The molecule has 0 spiro atoms. The van der Waals surface area contributed by atoms with Crippen LogP contribution in [0.15, 0.2) is 17.6 Å². The van der Waals surface area contributed by atoms with Gasteiger partial charge < -0.3 is 10.4 Å². The lowest BCUT2D eigenvalue weighted by Gasteiger charge is -2.15. The van der Waals surface area contributed by atoms with Crippen molar-refractivity contribution in [2.24, 2.45) is 5.92 Å². The number of rotatable bonds is 7. The Balaban J connectivity index is 2.25. The molecule has 0 saturated carbocycles. The Bertz CT molecular complexity index is 600. The fourth-order valence-corrected chi connectivity index (χ4v) is 2.81. The number of nitro groups is 1. The zero-order valence-corrected chi connectivity index (χ0v) is 12.0. The molecule has 2 N–H and O–H groups in total. The maximum Gasteiger partial charge on any atom is 0.319 e. The number of hydrogen-bond acceptors (Lipinski definition) is 6. The van der Waals surface area contributed by atoms with Crippen LogP contribution in [0.4, 0.5) is 11.4 Å². The molecule has 2 rings (SSSR count). The summed E-state index contributed by atoms with van der Waals surface area (Å²) in [7, 11) is 0. The van der Waals surface area contributed by atoms with E-state index < -0.39 is 4.92 Å². The average Bonchev–Trinajstić information content (AvgIpc) is 2.90. The second kappa shape index (κ2) is 6.62. The van der Waals surface area contributed by atoms with Crippen LogP contribution in [-0.4, -0.2) is 28.2 Å². The number of thiazole rings is 1. The van der Waals surface area contributed by atoms with Crippen LogP contribution in [0.1, 0.15) is 19.8 Å². The van der Waals surface area contributed by atoms with Gasteiger partial charge in [-0.1, -0.05) is 13.3 Å². The second-order valence-corrected chi connectivity index (χ2v) is 5.47. The Morgan fingerprint density at radius 1 is 1.55 bits per heavy atom. The molecule has 7 heteroatoms. The summed E-state index contributed by atoms with van der Waals surface area (Å²) in [6, 6.07) is 3.57. The largest absolute Gasteiger partial charge is 0.396 e. The molecule has 0 bridgehead atoms. The Kier molecular flexibility index (Phi) is 4.86. The number of nitrogens with zero attached hydrogens (tertiary/aromatic N) is 2. The lowest BCUT2D eigenvalue weighted by molar-refractivity contribution is -0.382. The molecule has 6 nitrogen and oxygen atoms in total. The standard InChI is InChI=1S/C13H17N3O3S/c1-2-9(5-6-17)7-14-10-3-4-11-12(15-8-20-11)13(10)16(18)19/h3-4,8-9,14,17H,2,5-7H2,1H3. The first-order chi connectivity index (χ1) is 9.67. The van der Waals surface area contributed by atoms with Crippen LogP contribution in [-0.2, 0) is 0 Å². The van der Waals surface area contributed by atoms with E-state index in [4.69, 9.17) is 5.11 Å². The predicted molar refractivity (Wildman–Crippen MR) is 80.2 cm³/mol. The molecule has 1 aromatic carbocycles. The fraction of sp³-hybridized carbons (Fsp3) is 0.462. The smallest absolute Gasteiger partial charge is 0.319 e. The molecule has 0 aliphatic carbocycles. The number of nitrogens with one attached hydrogen (secondary N) is 1. The highest BCUT2D eigenvalue weighted by atomic mass is 32.1. The lowest BCUT2D eigenvalue weighted by Crippen LogP contribution is -2.15. The molecule has 1 atom stereocenters. The van der Waals surface area contributed by atoms with E-state index in [1.165, 1.54) is 11.3 Å². The first kappa shape index (κ1) is 14.7. The van der Waals surface area contributed by atoms with Gasteiger partial charge in [0.25, 0.3) is 0 Å². The zero-order valence-electron chi connectivity index (χ0n) is 11.2. The summed E-state index contributed by atoms with van der Waals surface area (Å²) < 4.78 is 0.810. The second-order valence-electron chi connectivity index (χ2n) is 4.59. The van der Waals surface area contributed by atoms with E-state index in [0.717, 1.165) is 11.1 Å². The van der Waals surface area contributed by atoms with Crippen LogP contribution in [0.3, 0.4) is 0 Å². The molecule has 1 heterocycles. The van der Waals surface area contributed by atoms with Gasteiger partial charge >= 0.3 is 5.69 Å². The highest BCUT2D eigenvalue weighted by molar-refractivity contribution is 7.16. The van der Waals surface area contributed by atoms with Crippen molar-refractivity contribution in [3.05, 3.63) is 27.8 Å². The number of nitro benzene ring substituents is 1. The average molecular weight is 295 g/mol. The third-order valence-electron chi connectivity index (χ3n) is 3.35. The van der Waals surface area contributed by atoms with Gasteiger partial charge in [-0.05, 0) is 24.5 Å². The summed E-state index contributed by atoms with van der Waals surface area (Å²) in [4.78, 5) is 15.0. The van der Waals surface area contributed by atoms with Crippen LogP contribution in [0, 0.1) is 16.0 Å². The monoisotopic (exact) mass is 295 g/mol. The molecule has 0 fully saturated rings. The van der Waals surface area contributed by atoms with E-state index in [9.17, 15) is 10.1 Å². The van der Waals surface area contributed by atoms with Crippen molar-refractivity contribution in [3.8, 4) is 0 Å². The van der Waals surface area contributed by atoms with Gasteiger partial charge in [-0.25, -0.2) is 4.98 Å². The molecule has 0 saturated heterocycles. The fourth-order valence-electron chi connectivity index (χ4n) is 2.13. The Morgan fingerprint density at radius 3 is 3.00 bits per heavy atom. The van der Waals surface area contributed by atoms with Gasteiger partial charge in [0.1, 0.15) is 5.69 Å². The third-order valence-corrected chi connectivity index (χ3v) is 4.15. The van der Waals surface area contributed by atoms with E-state index in [1.54, 1.807) is 11.6 Å². The molecular weight excluding hydrogens is 278 g/mol. The van der Waals surface area contributed by atoms with Crippen molar-refractivity contribution >= 4 is 32.9 Å². The molecule has 1 unspecified atom stereocenters. The molecule has 108 valence electrons. The normalized spacial score (nSPS) is 12.5. The topological polar surface area (TPSA) is 88.3 Å². The van der Waals surface area contributed by atoms with Crippen molar-refractivity contribution in [1.82, 2.24) is 4.98 Å². The first-order valence-electron chi connectivity index (χ1n) is 6.52. The summed E-state index contributed by atoms with van der Waals surface area (Å²) in [5, 5.41) is 23.4. The van der Waals surface area contributed by atoms with Gasteiger partial charge in [-0.3, -0.25) is 10.1 Å². The SMILES string of the molecule is CCC(CCO)CNc1ccc2scnc2c1[N+](=O)[O-]. The number of anilines is 1. The Morgan fingerprint density at radius 2 is 2.35 bits per heavy atom. The van der Waals surface area contributed by atoms with Gasteiger partial charge in [0.05, 0.1) is 15.1 Å². The van der Waals surface area contributed by atoms with Gasteiger partial charge in [-0.2, -0.15) is 0 Å². The number of fused-ring (bicyclic) bond motifs is 1. The van der Waals surface area contributed by atoms with Crippen molar-refractivity contribution in [1.29, 1.82) is 0 Å². The number of hydrogen-bond donors (Lipinski definition) is 2. The zero-order chi connectivity index (χ0) is 14.5. The molecule has 1 aromatic heterocycles. The maximum absolute atomic E-state index is 11.3. The number of aliphatic hydroxyl groups excluding tert-OH is 1. The van der Waals surface area contributed by atoms with Gasteiger partial charge in [0.15, 0.2) is 5.52 Å². The highest BCUT2D eigenvalue weighted by Crippen LogP contribution is 2.34. The number of benzene rings is 1. The minimum atomic E-state index is -0.391. The molecule has 0 amide bonds. The van der Waals surface area contributed by atoms with Crippen molar-refractivity contribution < 1.29 is 10.0 Å².